The molecule has 1 aromatic carbocycles. The summed E-state index contributed by atoms with van der Waals surface area (Å²) in [4.78, 5) is 16.4. The molecular formula is C15H24N2O2. The van der Waals surface area contributed by atoms with E-state index in [0.717, 1.165) is 31.6 Å². The Morgan fingerprint density at radius 3 is 2.42 bits per heavy atom. The Balaban J connectivity index is 2.85. The lowest BCUT2D eigenvalue weighted by Gasteiger charge is -2.24. The van der Waals surface area contributed by atoms with Gasteiger partial charge in [-0.05, 0) is 51.2 Å². The molecule has 1 rings (SSSR count). The minimum atomic E-state index is 0.0428. The van der Waals surface area contributed by atoms with Crippen LogP contribution in [0, 0.1) is 6.92 Å². The van der Waals surface area contributed by atoms with Gasteiger partial charge in [0.1, 0.15) is 5.75 Å². The van der Waals surface area contributed by atoms with Crippen molar-refractivity contribution in [3.63, 3.8) is 0 Å². The summed E-state index contributed by atoms with van der Waals surface area (Å²) in [6, 6.07) is 4.89. The number of rotatable bonds is 6. The molecule has 4 nitrogen and oxygen atoms in total. The van der Waals surface area contributed by atoms with Gasteiger partial charge in [-0.2, -0.15) is 0 Å². The van der Waals surface area contributed by atoms with E-state index >= 15 is 0 Å². The second-order valence-corrected chi connectivity index (χ2v) is 5.09. The van der Waals surface area contributed by atoms with E-state index in [2.05, 4.69) is 11.8 Å². The lowest BCUT2D eigenvalue weighted by molar-refractivity contribution is 0.0744. The van der Waals surface area contributed by atoms with Crippen LogP contribution in [-0.2, 0) is 0 Å². The molecule has 19 heavy (non-hydrogen) atoms. The van der Waals surface area contributed by atoms with Gasteiger partial charge < -0.3 is 14.9 Å². The van der Waals surface area contributed by atoms with Crippen LogP contribution in [0.2, 0.25) is 0 Å². The highest BCUT2D eigenvalue weighted by atomic mass is 16.3. The van der Waals surface area contributed by atoms with Gasteiger partial charge in [-0.25, -0.2) is 0 Å². The van der Waals surface area contributed by atoms with E-state index in [4.69, 9.17) is 0 Å². The predicted octanol–water partition coefficient (Wildman–Crippen LogP) is 2.11. The smallest absolute Gasteiger partial charge is 0.254 e. The van der Waals surface area contributed by atoms with Gasteiger partial charge in [0.2, 0.25) is 0 Å². The number of likely N-dealkylation sites (N-methyl/N-ethyl adjacent to an activating group) is 1. The first-order chi connectivity index (χ1) is 8.95. The van der Waals surface area contributed by atoms with Gasteiger partial charge in [0.25, 0.3) is 5.91 Å². The van der Waals surface area contributed by atoms with Gasteiger partial charge in [0, 0.05) is 25.2 Å². The van der Waals surface area contributed by atoms with Gasteiger partial charge in [0.05, 0.1) is 0 Å². The maximum atomic E-state index is 12.5. The van der Waals surface area contributed by atoms with E-state index in [1.54, 1.807) is 18.2 Å². The average Bonchev–Trinajstić information content (AvgIpc) is 2.33. The van der Waals surface area contributed by atoms with Crippen LogP contribution < -0.4 is 0 Å². The number of phenolic OH excluding ortho intramolecular Hbond substituents is 1. The lowest BCUT2D eigenvalue weighted by atomic mass is 10.1. The van der Waals surface area contributed by atoms with Crippen LogP contribution in [0.5, 0.6) is 5.75 Å². The van der Waals surface area contributed by atoms with Crippen LogP contribution in [0.15, 0.2) is 18.2 Å². The first-order valence-corrected chi connectivity index (χ1v) is 6.69. The third-order valence-corrected chi connectivity index (χ3v) is 3.04. The Bertz CT molecular complexity index is 430. The summed E-state index contributed by atoms with van der Waals surface area (Å²) in [6.07, 6.45) is 0.941. The molecule has 0 saturated heterocycles. The molecule has 0 heterocycles. The molecule has 0 aliphatic carbocycles. The van der Waals surface area contributed by atoms with Crippen LogP contribution in [0.1, 0.15) is 29.3 Å². The van der Waals surface area contributed by atoms with E-state index in [1.807, 2.05) is 25.9 Å². The fraction of sp³-hybridized carbons (Fsp3) is 0.533. The van der Waals surface area contributed by atoms with E-state index in [0.29, 0.717) is 5.56 Å². The van der Waals surface area contributed by atoms with Crippen LogP contribution in [0.3, 0.4) is 0 Å². The third-order valence-electron chi connectivity index (χ3n) is 3.04. The SMILES string of the molecule is CCCN(CCN(C)C)C(=O)c1ccc(O)cc1C. The Kier molecular flexibility index (Phi) is 5.83. The predicted molar refractivity (Wildman–Crippen MR) is 77.6 cm³/mol. The number of amides is 1. The van der Waals surface area contributed by atoms with Gasteiger partial charge in [-0.3, -0.25) is 4.79 Å². The van der Waals surface area contributed by atoms with Crippen molar-refractivity contribution >= 4 is 5.91 Å². The van der Waals surface area contributed by atoms with Crippen molar-refractivity contribution in [1.29, 1.82) is 0 Å². The zero-order chi connectivity index (χ0) is 14.4. The normalized spacial score (nSPS) is 10.8. The number of carbonyl (C=O) groups excluding carboxylic acids is 1. The number of nitrogens with zero attached hydrogens (tertiary/aromatic N) is 2. The van der Waals surface area contributed by atoms with Crippen molar-refractivity contribution in [2.24, 2.45) is 0 Å². The second-order valence-electron chi connectivity index (χ2n) is 5.09. The van der Waals surface area contributed by atoms with Crippen molar-refractivity contribution < 1.29 is 9.90 Å². The molecule has 1 N–H and O–H groups in total. The highest BCUT2D eigenvalue weighted by molar-refractivity contribution is 5.95. The maximum absolute atomic E-state index is 12.5. The van der Waals surface area contributed by atoms with Crippen molar-refractivity contribution in [3.8, 4) is 5.75 Å². The van der Waals surface area contributed by atoms with Crippen molar-refractivity contribution in [2.45, 2.75) is 20.3 Å². The van der Waals surface area contributed by atoms with Crippen molar-refractivity contribution in [3.05, 3.63) is 29.3 Å². The summed E-state index contributed by atoms with van der Waals surface area (Å²) in [5, 5.41) is 9.41. The van der Waals surface area contributed by atoms with E-state index in [1.165, 1.54) is 0 Å². The minimum Gasteiger partial charge on any atom is -0.508 e. The Labute approximate surface area is 115 Å². The molecule has 0 unspecified atom stereocenters. The molecule has 0 atom stereocenters. The first-order valence-electron chi connectivity index (χ1n) is 6.69. The fourth-order valence-electron chi connectivity index (χ4n) is 1.96. The Hall–Kier alpha value is -1.55. The summed E-state index contributed by atoms with van der Waals surface area (Å²) in [6.45, 7) is 6.25. The molecule has 1 amide bonds. The molecule has 0 saturated carbocycles. The standard InChI is InChI=1S/C15H24N2O2/c1-5-8-17(10-9-16(3)4)15(19)14-7-6-13(18)11-12(14)2/h6-7,11,18H,5,8-10H2,1-4H3. The first kappa shape index (κ1) is 15.5. The molecule has 0 radical (unpaired) electrons. The molecule has 0 aromatic heterocycles. The quantitative estimate of drug-likeness (QED) is 0.856. The van der Waals surface area contributed by atoms with Crippen molar-refractivity contribution in [1.82, 2.24) is 9.80 Å². The highest BCUT2D eigenvalue weighted by Gasteiger charge is 2.17. The minimum absolute atomic E-state index is 0.0428. The summed E-state index contributed by atoms with van der Waals surface area (Å²) < 4.78 is 0. The monoisotopic (exact) mass is 264 g/mol. The highest BCUT2D eigenvalue weighted by Crippen LogP contribution is 2.17. The molecular weight excluding hydrogens is 240 g/mol. The van der Waals surface area contributed by atoms with Gasteiger partial charge in [0.15, 0.2) is 0 Å². The van der Waals surface area contributed by atoms with Crippen LogP contribution in [-0.4, -0.2) is 54.5 Å². The average molecular weight is 264 g/mol. The molecule has 106 valence electrons. The lowest BCUT2D eigenvalue weighted by Crippen LogP contribution is -2.37. The number of hydrogen-bond acceptors (Lipinski definition) is 3. The maximum Gasteiger partial charge on any atom is 0.254 e. The van der Waals surface area contributed by atoms with Gasteiger partial charge in [-0.15, -0.1) is 0 Å². The largest absolute Gasteiger partial charge is 0.508 e. The fourth-order valence-corrected chi connectivity index (χ4v) is 1.96. The Morgan fingerprint density at radius 2 is 1.89 bits per heavy atom. The molecule has 1 aromatic rings. The van der Waals surface area contributed by atoms with Crippen molar-refractivity contribution in [2.75, 3.05) is 33.7 Å². The van der Waals surface area contributed by atoms with Crippen LogP contribution in [0.25, 0.3) is 0 Å². The number of benzene rings is 1. The molecule has 0 bridgehead atoms. The summed E-state index contributed by atoms with van der Waals surface area (Å²) in [5.74, 6) is 0.241. The number of aromatic hydroxyl groups is 1. The second kappa shape index (κ2) is 7.14. The third kappa shape index (κ3) is 4.56. The number of phenols is 1. The summed E-state index contributed by atoms with van der Waals surface area (Å²) in [7, 11) is 4.00. The number of aryl methyl sites for hydroxylation is 1. The van der Waals surface area contributed by atoms with Crippen LogP contribution >= 0.6 is 0 Å². The summed E-state index contributed by atoms with van der Waals surface area (Å²) in [5.41, 5.74) is 1.49. The van der Waals surface area contributed by atoms with E-state index in [9.17, 15) is 9.90 Å². The molecule has 0 fully saturated rings. The van der Waals surface area contributed by atoms with E-state index in [-0.39, 0.29) is 11.7 Å². The van der Waals surface area contributed by atoms with Crippen LogP contribution in [0.4, 0.5) is 0 Å². The van der Waals surface area contributed by atoms with Gasteiger partial charge >= 0.3 is 0 Å². The number of carbonyl (C=O) groups is 1. The van der Waals surface area contributed by atoms with Gasteiger partial charge in [-0.1, -0.05) is 6.92 Å². The van der Waals surface area contributed by atoms with E-state index < -0.39 is 0 Å². The Morgan fingerprint density at radius 1 is 1.21 bits per heavy atom. The number of hydrogen-bond donors (Lipinski definition) is 1. The zero-order valence-corrected chi connectivity index (χ0v) is 12.3. The molecule has 0 aliphatic heterocycles. The topological polar surface area (TPSA) is 43.8 Å². The molecule has 0 spiro atoms. The molecule has 4 heteroatoms. The summed E-state index contributed by atoms with van der Waals surface area (Å²) >= 11 is 0. The zero-order valence-electron chi connectivity index (χ0n) is 12.3. The molecule has 0 aliphatic rings.